The van der Waals surface area contributed by atoms with Crippen molar-refractivity contribution < 1.29 is 0 Å². The Morgan fingerprint density at radius 2 is 1.09 bits per heavy atom. The summed E-state index contributed by atoms with van der Waals surface area (Å²) in [6, 6.07) is 65.5. The van der Waals surface area contributed by atoms with Crippen LogP contribution in [-0.4, -0.2) is 16.2 Å². The molecule has 3 aromatic heterocycles. The molecule has 1 atom stereocenters. The maximum Gasteiger partial charge on any atom is 0.160 e. The molecule has 0 fully saturated rings. The SMILES string of the molecule is c1ccc(C2=NC(c3cccc4c3sc3ccc(-c5ccc6sc7cc(-n8c9ccccc9c9ccccc98)ccc7c6c5)cc34)=NC(c3ccccc3)N2)cc1. The van der Waals surface area contributed by atoms with Crippen molar-refractivity contribution in [2.45, 2.75) is 6.17 Å². The molecule has 0 spiro atoms. The van der Waals surface area contributed by atoms with Crippen LogP contribution in [0.2, 0.25) is 0 Å². The van der Waals surface area contributed by atoms with Crippen molar-refractivity contribution in [2.75, 3.05) is 0 Å². The van der Waals surface area contributed by atoms with Crippen LogP contribution in [-0.2, 0) is 0 Å². The van der Waals surface area contributed by atoms with E-state index in [4.69, 9.17) is 9.98 Å². The van der Waals surface area contributed by atoms with Gasteiger partial charge in [0.25, 0.3) is 0 Å². The zero-order valence-electron chi connectivity index (χ0n) is 30.6. The molecule has 268 valence electrons. The zero-order valence-corrected chi connectivity index (χ0v) is 32.2. The van der Waals surface area contributed by atoms with Gasteiger partial charge in [0, 0.05) is 67.9 Å². The molecule has 0 amide bonds. The second kappa shape index (κ2) is 12.8. The predicted octanol–water partition coefficient (Wildman–Crippen LogP) is 13.7. The van der Waals surface area contributed by atoms with Gasteiger partial charge >= 0.3 is 0 Å². The molecular weight excluding hydrogens is 733 g/mol. The summed E-state index contributed by atoms with van der Waals surface area (Å²) in [6.07, 6.45) is -0.242. The first-order valence-corrected chi connectivity index (χ1v) is 20.8. The smallest absolute Gasteiger partial charge is 0.160 e. The molecule has 0 saturated carbocycles. The highest BCUT2D eigenvalue weighted by Gasteiger charge is 2.23. The number of nitrogens with zero attached hydrogens (tertiary/aromatic N) is 3. The number of benzene rings is 8. The Balaban J connectivity index is 0.946. The van der Waals surface area contributed by atoms with Crippen LogP contribution >= 0.6 is 22.7 Å². The predicted molar refractivity (Wildman–Crippen MR) is 244 cm³/mol. The van der Waals surface area contributed by atoms with E-state index in [1.807, 2.05) is 34.8 Å². The Morgan fingerprint density at radius 1 is 0.456 bits per heavy atom. The quantitative estimate of drug-likeness (QED) is 0.186. The summed E-state index contributed by atoms with van der Waals surface area (Å²) in [5.41, 5.74) is 9.28. The minimum absolute atomic E-state index is 0.242. The van der Waals surface area contributed by atoms with Gasteiger partial charge in [-0.3, -0.25) is 0 Å². The highest BCUT2D eigenvalue weighted by atomic mass is 32.1. The van der Waals surface area contributed by atoms with Gasteiger partial charge in [-0.25, -0.2) is 9.98 Å². The van der Waals surface area contributed by atoms with E-state index in [1.165, 1.54) is 79.0 Å². The molecule has 12 rings (SSSR count). The zero-order chi connectivity index (χ0) is 37.5. The lowest BCUT2D eigenvalue weighted by molar-refractivity contribution is 0.674. The lowest BCUT2D eigenvalue weighted by Crippen LogP contribution is -2.33. The number of nitrogens with one attached hydrogen (secondary N) is 1. The standard InChI is InChI=1S/C51H32N4S2/c1-3-12-31(13-4-1)49-52-50(32-14-5-2-6-15-32)54-51(53-49)40-19-11-18-39-42-29-34(23-27-46(42)57-48(39)40)33-22-26-45-41(28-33)38-25-24-35(30-47(38)56-45)55-43-20-9-7-16-36(43)37-17-8-10-21-44(37)55/h1-30,49H,(H,52,53,54). The molecule has 1 N–H and O–H groups in total. The number of para-hydroxylation sites is 2. The largest absolute Gasteiger partial charge is 0.344 e. The first-order chi connectivity index (χ1) is 28.2. The molecule has 0 bridgehead atoms. The van der Waals surface area contributed by atoms with Gasteiger partial charge in [-0.05, 0) is 71.3 Å². The Bertz CT molecular complexity index is 3390. The van der Waals surface area contributed by atoms with Crippen LogP contribution in [0.5, 0.6) is 0 Å². The topological polar surface area (TPSA) is 41.7 Å². The normalized spacial score (nSPS) is 14.5. The fourth-order valence-electron chi connectivity index (χ4n) is 8.56. The number of amidine groups is 2. The minimum Gasteiger partial charge on any atom is -0.344 e. The number of fused-ring (bicyclic) bond motifs is 9. The van der Waals surface area contributed by atoms with Gasteiger partial charge in [-0.1, -0.05) is 127 Å². The summed E-state index contributed by atoms with van der Waals surface area (Å²) in [5.74, 6) is 1.57. The molecule has 1 aliphatic rings. The Labute approximate surface area is 336 Å². The highest BCUT2D eigenvalue weighted by molar-refractivity contribution is 7.26. The van der Waals surface area contributed by atoms with Crippen LogP contribution in [0.3, 0.4) is 0 Å². The van der Waals surface area contributed by atoms with Crippen LogP contribution in [0.1, 0.15) is 22.9 Å². The number of hydrogen-bond acceptors (Lipinski definition) is 5. The molecule has 1 unspecified atom stereocenters. The monoisotopic (exact) mass is 764 g/mol. The average molecular weight is 765 g/mol. The van der Waals surface area contributed by atoms with Gasteiger partial charge < -0.3 is 9.88 Å². The van der Waals surface area contributed by atoms with E-state index in [9.17, 15) is 0 Å². The van der Waals surface area contributed by atoms with E-state index >= 15 is 0 Å². The first kappa shape index (κ1) is 32.4. The number of aliphatic imine (C=N–C) groups is 2. The highest BCUT2D eigenvalue weighted by Crippen LogP contribution is 2.42. The van der Waals surface area contributed by atoms with E-state index in [1.54, 1.807) is 0 Å². The molecule has 0 aliphatic carbocycles. The second-order valence-electron chi connectivity index (χ2n) is 14.6. The average Bonchev–Trinajstić information content (AvgIpc) is 3.95. The van der Waals surface area contributed by atoms with Crippen LogP contribution < -0.4 is 5.32 Å². The van der Waals surface area contributed by atoms with Crippen molar-refractivity contribution in [3.05, 3.63) is 199 Å². The molecule has 4 nitrogen and oxygen atoms in total. The van der Waals surface area contributed by atoms with Gasteiger partial charge in [0.1, 0.15) is 12.0 Å². The molecule has 4 heterocycles. The number of hydrogen-bond donors (Lipinski definition) is 1. The minimum atomic E-state index is -0.242. The van der Waals surface area contributed by atoms with E-state index in [-0.39, 0.29) is 6.17 Å². The van der Waals surface area contributed by atoms with Gasteiger partial charge in [-0.15, -0.1) is 22.7 Å². The summed E-state index contributed by atoms with van der Waals surface area (Å²) in [6.45, 7) is 0. The van der Waals surface area contributed by atoms with Gasteiger partial charge in [0.2, 0.25) is 0 Å². The Morgan fingerprint density at radius 3 is 1.82 bits per heavy atom. The van der Waals surface area contributed by atoms with Gasteiger partial charge in [0.15, 0.2) is 5.84 Å². The van der Waals surface area contributed by atoms with Gasteiger partial charge in [-0.2, -0.15) is 0 Å². The number of thiophene rings is 2. The molecule has 0 saturated heterocycles. The van der Waals surface area contributed by atoms with E-state index in [0.29, 0.717) is 0 Å². The van der Waals surface area contributed by atoms with E-state index in [2.05, 4.69) is 180 Å². The summed E-state index contributed by atoms with van der Waals surface area (Å²) < 4.78 is 7.45. The Hall–Kier alpha value is -6.86. The van der Waals surface area contributed by atoms with Crippen LogP contribution in [0.25, 0.3) is 79.0 Å². The van der Waals surface area contributed by atoms with Crippen LogP contribution in [0.15, 0.2) is 192 Å². The van der Waals surface area contributed by atoms with Crippen LogP contribution in [0, 0.1) is 0 Å². The molecule has 11 aromatic rings. The molecule has 57 heavy (non-hydrogen) atoms. The third-order valence-corrected chi connectivity index (χ3v) is 13.6. The summed E-state index contributed by atoms with van der Waals surface area (Å²) in [5, 5.41) is 11.2. The molecule has 6 heteroatoms. The van der Waals surface area contributed by atoms with Gasteiger partial charge in [0.05, 0.1) is 11.0 Å². The van der Waals surface area contributed by atoms with Crippen molar-refractivity contribution in [2.24, 2.45) is 9.98 Å². The van der Waals surface area contributed by atoms with Crippen molar-refractivity contribution >= 4 is 96.5 Å². The lowest BCUT2D eigenvalue weighted by Gasteiger charge is -2.23. The second-order valence-corrected chi connectivity index (χ2v) is 16.7. The summed E-state index contributed by atoms with van der Waals surface area (Å²) in [7, 11) is 0. The fourth-order valence-corrected chi connectivity index (χ4v) is 10.9. The lowest BCUT2D eigenvalue weighted by atomic mass is 10.00. The molecule has 8 aromatic carbocycles. The summed E-state index contributed by atoms with van der Waals surface area (Å²) in [4.78, 5) is 10.3. The van der Waals surface area contributed by atoms with E-state index in [0.717, 1.165) is 28.4 Å². The summed E-state index contributed by atoms with van der Waals surface area (Å²) >= 11 is 3.68. The number of aromatic nitrogens is 1. The van der Waals surface area contributed by atoms with Crippen molar-refractivity contribution in [1.29, 1.82) is 0 Å². The maximum atomic E-state index is 5.20. The molecule has 0 radical (unpaired) electrons. The fraction of sp³-hybridized carbons (Fsp3) is 0.0196. The van der Waals surface area contributed by atoms with Crippen molar-refractivity contribution in [3.8, 4) is 16.8 Å². The third-order valence-electron chi connectivity index (χ3n) is 11.3. The van der Waals surface area contributed by atoms with Crippen LogP contribution in [0.4, 0.5) is 0 Å². The van der Waals surface area contributed by atoms with E-state index < -0.39 is 0 Å². The van der Waals surface area contributed by atoms with Crippen molar-refractivity contribution in [1.82, 2.24) is 9.88 Å². The Kier molecular flexibility index (Phi) is 7.30. The van der Waals surface area contributed by atoms with Crippen molar-refractivity contribution in [3.63, 3.8) is 0 Å². The third kappa shape index (κ3) is 5.26. The number of rotatable bonds is 5. The molecular formula is C51H32N4S2. The maximum absolute atomic E-state index is 5.20. The first-order valence-electron chi connectivity index (χ1n) is 19.2. The molecule has 1 aliphatic heterocycles.